The zero-order valence-electron chi connectivity index (χ0n) is 16.9. The second-order valence-corrected chi connectivity index (χ2v) is 9.65. The molecule has 1 aliphatic carbocycles. The summed E-state index contributed by atoms with van der Waals surface area (Å²) in [4.78, 5) is 14.7. The van der Waals surface area contributed by atoms with E-state index >= 15 is 0 Å². The quantitative estimate of drug-likeness (QED) is 0.785. The van der Waals surface area contributed by atoms with Crippen LogP contribution in [-0.4, -0.2) is 54.9 Å². The number of benzene rings is 2. The van der Waals surface area contributed by atoms with Gasteiger partial charge in [-0.3, -0.25) is 4.79 Å². The molecular formula is C22H28N2O4S. The molecule has 0 aromatic heterocycles. The summed E-state index contributed by atoms with van der Waals surface area (Å²) in [6, 6.07) is 15.1. The van der Waals surface area contributed by atoms with Gasteiger partial charge in [0.15, 0.2) is 0 Å². The van der Waals surface area contributed by atoms with Gasteiger partial charge in [-0.15, -0.1) is 0 Å². The zero-order valence-corrected chi connectivity index (χ0v) is 17.7. The second kappa shape index (κ2) is 9.07. The fourth-order valence-electron chi connectivity index (χ4n) is 3.76. The molecule has 2 atom stereocenters. The van der Waals surface area contributed by atoms with Gasteiger partial charge in [0.05, 0.1) is 17.0 Å². The molecule has 1 fully saturated rings. The van der Waals surface area contributed by atoms with Gasteiger partial charge in [-0.05, 0) is 42.7 Å². The van der Waals surface area contributed by atoms with Crippen molar-refractivity contribution in [1.29, 1.82) is 0 Å². The Hall–Kier alpha value is -2.22. The van der Waals surface area contributed by atoms with Crippen molar-refractivity contribution in [3.05, 3.63) is 65.7 Å². The fraction of sp³-hybridized carbons (Fsp3) is 0.409. The van der Waals surface area contributed by atoms with Crippen LogP contribution in [-0.2, 0) is 16.6 Å². The number of aliphatic hydroxyl groups is 1. The lowest BCUT2D eigenvalue weighted by molar-refractivity contribution is 0.0268. The van der Waals surface area contributed by atoms with Crippen LogP contribution in [0.2, 0.25) is 0 Å². The molecule has 29 heavy (non-hydrogen) atoms. The molecule has 156 valence electrons. The average Bonchev–Trinajstić information content (AvgIpc) is 2.74. The van der Waals surface area contributed by atoms with E-state index in [4.69, 9.17) is 0 Å². The molecule has 0 unspecified atom stereocenters. The highest BCUT2D eigenvalue weighted by Gasteiger charge is 2.29. The van der Waals surface area contributed by atoms with Gasteiger partial charge in [0.25, 0.3) is 5.91 Å². The number of hydrogen-bond donors (Lipinski definition) is 1. The van der Waals surface area contributed by atoms with Crippen LogP contribution in [0.15, 0.2) is 59.5 Å². The van der Waals surface area contributed by atoms with Crippen molar-refractivity contribution >= 4 is 15.9 Å². The lowest BCUT2D eigenvalue weighted by Crippen LogP contribution is -2.46. The van der Waals surface area contributed by atoms with E-state index in [1.54, 1.807) is 73.6 Å². The SMILES string of the molecule is CN(C(=O)c1ccc(CN(C)S(=O)(=O)c2ccccc2)cc1)[C@@H]1CCCC[C@H]1O. The first-order valence-corrected chi connectivity index (χ1v) is 11.3. The predicted molar refractivity (Wildman–Crippen MR) is 112 cm³/mol. The average molecular weight is 417 g/mol. The molecule has 0 saturated heterocycles. The summed E-state index contributed by atoms with van der Waals surface area (Å²) in [6.45, 7) is 0.211. The Morgan fingerprint density at radius 3 is 2.24 bits per heavy atom. The summed E-state index contributed by atoms with van der Waals surface area (Å²) in [7, 11) is -0.294. The van der Waals surface area contributed by atoms with Crippen LogP contribution in [0.4, 0.5) is 0 Å². The predicted octanol–water partition coefficient (Wildman–Crippen LogP) is 2.88. The molecule has 0 radical (unpaired) electrons. The van der Waals surface area contributed by atoms with Crippen molar-refractivity contribution in [2.24, 2.45) is 0 Å². The van der Waals surface area contributed by atoms with Crippen LogP contribution >= 0.6 is 0 Å². The van der Waals surface area contributed by atoms with E-state index in [-0.39, 0.29) is 23.4 Å². The maximum Gasteiger partial charge on any atom is 0.253 e. The minimum atomic E-state index is -3.57. The van der Waals surface area contributed by atoms with Crippen molar-refractivity contribution in [1.82, 2.24) is 9.21 Å². The van der Waals surface area contributed by atoms with E-state index in [9.17, 15) is 18.3 Å². The van der Waals surface area contributed by atoms with E-state index in [0.717, 1.165) is 31.2 Å². The topological polar surface area (TPSA) is 77.9 Å². The molecule has 1 amide bonds. The molecule has 7 heteroatoms. The van der Waals surface area contributed by atoms with Crippen LogP contribution < -0.4 is 0 Å². The van der Waals surface area contributed by atoms with Gasteiger partial charge in [-0.25, -0.2) is 8.42 Å². The third-order valence-corrected chi connectivity index (χ3v) is 7.39. The highest BCUT2D eigenvalue weighted by Crippen LogP contribution is 2.24. The number of carbonyl (C=O) groups is 1. The highest BCUT2D eigenvalue weighted by atomic mass is 32.2. The molecule has 0 aliphatic heterocycles. The number of sulfonamides is 1. The monoisotopic (exact) mass is 416 g/mol. The highest BCUT2D eigenvalue weighted by molar-refractivity contribution is 7.89. The zero-order chi connectivity index (χ0) is 21.0. The van der Waals surface area contributed by atoms with Gasteiger partial charge < -0.3 is 10.0 Å². The number of hydrogen-bond acceptors (Lipinski definition) is 4. The fourth-order valence-corrected chi connectivity index (χ4v) is 4.94. The molecule has 0 heterocycles. The lowest BCUT2D eigenvalue weighted by atomic mass is 9.91. The third kappa shape index (κ3) is 4.86. The van der Waals surface area contributed by atoms with Crippen molar-refractivity contribution in [2.45, 2.75) is 49.3 Å². The number of amides is 1. The van der Waals surface area contributed by atoms with Crippen LogP contribution in [0.5, 0.6) is 0 Å². The van der Waals surface area contributed by atoms with Gasteiger partial charge in [0, 0.05) is 26.2 Å². The number of rotatable bonds is 6. The second-order valence-electron chi connectivity index (χ2n) is 7.61. The minimum absolute atomic E-state index is 0.132. The Morgan fingerprint density at radius 2 is 1.62 bits per heavy atom. The van der Waals surface area contributed by atoms with Crippen molar-refractivity contribution in [3.8, 4) is 0 Å². The van der Waals surface area contributed by atoms with Crippen LogP contribution in [0, 0.1) is 0 Å². The molecular weight excluding hydrogens is 388 g/mol. The summed E-state index contributed by atoms with van der Waals surface area (Å²) in [5.74, 6) is -0.132. The number of likely N-dealkylation sites (N-methyl/N-ethyl adjacent to an activating group) is 1. The standard InChI is InChI=1S/C22H28N2O4S/c1-23(29(27,28)19-8-4-3-5-9-19)16-17-12-14-18(15-13-17)22(26)24(2)20-10-6-7-11-21(20)25/h3-5,8-9,12-15,20-21,25H,6-7,10-11,16H2,1-2H3/t20-,21-/m1/s1. The van der Waals surface area contributed by atoms with E-state index in [2.05, 4.69) is 0 Å². The molecule has 0 bridgehead atoms. The van der Waals surface area contributed by atoms with Crippen molar-refractivity contribution in [3.63, 3.8) is 0 Å². The summed E-state index contributed by atoms with van der Waals surface area (Å²) in [5.41, 5.74) is 1.33. The summed E-state index contributed by atoms with van der Waals surface area (Å²) in [5, 5.41) is 10.2. The van der Waals surface area contributed by atoms with Gasteiger partial charge in [0.1, 0.15) is 0 Å². The number of carbonyl (C=O) groups excluding carboxylic acids is 1. The normalized spacial score (nSPS) is 19.9. The Kier molecular flexibility index (Phi) is 6.72. The first-order chi connectivity index (χ1) is 13.8. The maximum absolute atomic E-state index is 12.8. The molecule has 1 N–H and O–H groups in total. The van der Waals surface area contributed by atoms with E-state index in [1.165, 1.54) is 4.31 Å². The smallest absolute Gasteiger partial charge is 0.253 e. The Bertz CT molecular complexity index is 929. The molecule has 2 aromatic carbocycles. The third-order valence-electron chi connectivity index (χ3n) is 5.57. The van der Waals surface area contributed by atoms with Crippen LogP contribution in [0.3, 0.4) is 0 Å². The van der Waals surface area contributed by atoms with E-state index < -0.39 is 16.1 Å². The summed E-state index contributed by atoms with van der Waals surface area (Å²) < 4.78 is 26.6. The first-order valence-electron chi connectivity index (χ1n) is 9.86. The Balaban J connectivity index is 1.67. The van der Waals surface area contributed by atoms with Crippen molar-refractivity contribution < 1.29 is 18.3 Å². The minimum Gasteiger partial charge on any atom is -0.391 e. The Labute approximate surface area is 172 Å². The number of nitrogens with zero attached hydrogens (tertiary/aromatic N) is 2. The molecule has 1 aliphatic rings. The van der Waals surface area contributed by atoms with Crippen LogP contribution in [0.1, 0.15) is 41.6 Å². The molecule has 2 aromatic rings. The van der Waals surface area contributed by atoms with E-state index in [1.807, 2.05) is 0 Å². The van der Waals surface area contributed by atoms with Gasteiger partial charge in [-0.2, -0.15) is 4.31 Å². The lowest BCUT2D eigenvalue weighted by Gasteiger charge is -2.35. The van der Waals surface area contributed by atoms with Gasteiger partial charge in [0.2, 0.25) is 10.0 Å². The molecule has 0 spiro atoms. The molecule has 6 nitrogen and oxygen atoms in total. The van der Waals surface area contributed by atoms with Gasteiger partial charge >= 0.3 is 0 Å². The maximum atomic E-state index is 12.8. The molecule has 3 rings (SSSR count). The summed E-state index contributed by atoms with van der Waals surface area (Å²) in [6.07, 6.45) is 3.07. The summed E-state index contributed by atoms with van der Waals surface area (Å²) >= 11 is 0. The molecule has 1 saturated carbocycles. The van der Waals surface area contributed by atoms with Crippen LogP contribution in [0.25, 0.3) is 0 Å². The number of aliphatic hydroxyl groups excluding tert-OH is 1. The van der Waals surface area contributed by atoms with Crippen molar-refractivity contribution in [2.75, 3.05) is 14.1 Å². The van der Waals surface area contributed by atoms with Gasteiger partial charge in [-0.1, -0.05) is 43.2 Å². The first kappa shape index (κ1) is 21.5. The Morgan fingerprint density at radius 1 is 1.00 bits per heavy atom. The largest absolute Gasteiger partial charge is 0.391 e. The van der Waals surface area contributed by atoms with E-state index in [0.29, 0.717) is 5.56 Å².